The average Bonchev–Trinajstić information content (AvgIpc) is 3.37. The van der Waals surface area contributed by atoms with Crippen LogP contribution < -0.4 is 20.5 Å². The number of ether oxygens (including phenoxy) is 2. The number of nitrogens with one attached hydrogen (secondary N) is 1. The standard InChI is InChI=1S/C27H28N4O5/c1-35-23-12-6-9-21(16-23)26(33)30-13-14-31(27(34)36-22-10-3-2-4-11-22)25(30)24(32)29-18-20-8-5-7-19(15-20)17-28/h2-12,15-16,25H,13-14,17-18,28H2,1H3,(H,29,32). The van der Waals surface area contributed by atoms with E-state index >= 15 is 0 Å². The van der Waals surface area contributed by atoms with Gasteiger partial charge in [-0.25, -0.2) is 4.79 Å². The third-order valence-corrected chi connectivity index (χ3v) is 5.86. The fourth-order valence-corrected chi connectivity index (χ4v) is 4.03. The van der Waals surface area contributed by atoms with Crippen LogP contribution in [0.5, 0.6) is 11.5 Å². The van der Waals surface area contributed by atoms with Gasteiger partial charge in [-0.1, -0.05) is 48.5 Å². The zero-order chi connectivity index (χ0) is 25.5. The molecule has 1 heterocycles. The summed E-state index contributed by atoms with van der Waals surface area (Å²) in [5, 5.41) is 2.85. The highest BCUT2D eigenvalue weighted by molar-refractivity contribution is 5.99. The third kappa shape index (κ3) is 5.64. The number of methoxy groups -OCH3 is 1. The molecule has 1 unspecified atom stereocenters. The Morgan fingerprint density at radius 2 is 1.58 bits per heavy atom. The van der Waals surface area contributed by atoms with Crippen molar-refractivity contribution in [2.45, 2.75) is 19.3 Å². The van der Waals surface area contributed by atoms with Gasteiger partial charge in [0.05, 0.1) is 7.11 Å². The summed E-state index contributed by atoms with van der Waals surface area (Å²) in [6, 6.07) is 22.8. The molecule has 1 aliphatic heterocycles. The third-order valence-electron chi connectivity index (χ3n) is 5.86. The Morgan fingerprint density at radius 3 is 2.33 bits per heavy atom. The largest absolute Gasteiger partial charge is 0.497 e. The number of para-hydroxylation sites is 1. The molecule has 1 atom stereocenters. The molecule has 0 aromatic heterocycles. The predicted molar refractivity (Wildman–Crippen MR) is 133 cm³/mol. The Labute approximate surface area is 209 Å². The molecule has 3 aromatic carbocycles. The first-order valence-corrected chi connectivity index (χ1v) is 11.5. The number of amides is 3. The van der Waals surface area contributed by atoms with Gasteiger partial charge in [-0.2, -0.15) is 0 Å². The molecule has 36 heavy (non-hydrogen) atoms. The normalized spacial score (nSPS) is 14.9. The van der Waals surface area contributed by atoms with Crippen LogP contribution in [0.25, 0.3) is 0 Å². The fraction of sp³-hybridized carbons (Fsp3) is 0.222. The topological polar surface area (TPSA) is 114 Å². The van der Waals surface area contributed by atoms with Gasteiger partial charge in [0.25, 0.3) is 11.8 Å². The Kier molecular flexibility index (Phi) is 7.82. The molecule has 0 spiro atoms. The van der Waals surface area contributed by atoms with Gasteiger partial charge in [0, 0.05) is 31.7 Å². The number of hydrogen-bond acceptors (Lipinski definition) is 6. The molecule has 0 bridgehead atoms. The first-order valence-electron chi connectivity index (χ1n) is 11.5. The summed E-state index contributed by atoms with van der Waals surface area (Å²) in [5.41, 5.74) is 7.86. The minimum absolute atomic E-state index is 0.141. The molecular weight excluding hydrogens is 460 g/mol. The highest BCUT2D eigenvalue weighted by atomic mass is 16.6. The summed E-state index contributed by atoms with van der Waals surface area (Å²) in [4.78, 5) is 42.5. The van der Waals surface area contributed by atoms with E-state index in [4.69, 9.17) is 15.2 Å². The Balaban J connectivity index is 1.57. The highest BCUT2D eigenvalue weighted by Gasteiger charge is 2.43. The van der Waals surface area contributed by atoms with Gasteiger partial charge < -0.3 is 25.4 Å². The van der Waals surface area contributed by atoms with Crippen LogP contribution in [0.2, 0.25) is 0 Å². The summed E-state index contributed by atoms with van der Waals surface area (Å²) in [6.07, 6.45) is -1.90. The predicted octanol–water partition coefficient (Wildman–Crippen LogP) is 2.75. The lowest BCUT2D eigenvalue weighted by Gasteiger charge is -2.28. The van der Waals surface area contributed by atoms with Crippen LogP contribution in [0.4, 0.5) is 4.79 Å². The number of carbonyl (C=O) groups excluding carboxylic acids is 3. The average molecular weight is 489 g/mol. The molecule has 3 amide bonds. The molecule has 9 nitrogen and oxygen atoms in total. The molecule has 186 valence electrons. The molecule has 1 aliphatic rings. The maximum Gasteiger partial charge on any atom is 0.417 e. The molecule has 3 N–H and O–H groups in total. The molecular formula is C27H28N4O5. The van der Waals surface area contributed by atoms with Gasteiger partial charge in [0.2, 0.25) is 0 Å². The van der Waals surface area contributed by atoms with Crippen molar-refractivity contribution in [1.82, 2.24) is 15.1 Å². The number of rotatable bonds is 7. The van der Waals surface area contributed by atoms with Crippen LogP contribution in [-0.2, 0) is 17.9 Å². The van der Waals surface area contributed by atoms with E-state index in [9.17, 15) is 14.4 Å². The second kappa shape index (κ2) is 11.4. The molecule has 1 saturated heterocycles. The van der Waals surface area contributed by atoms with Crippen molar-refractivity contribution in [3.05, 3.63) is 95.6 Å². The monoisotopic (exact) mass is 488 g/mol. The minimum Gasteiger partial charge on any atom is -0.497 e. The van der Waals surface area contributed by atoms with Crippen LogP contribution in [0.1, 0.15) is 21.5 Å². The molecule has 0 aliphatic carbocycles. The zero-order valence-electron chi connectivity index (χ0n) is 19.9. The van der Waals surface area contributed by atoms with E-state index in [0.717, 1.165) is 11.1 Å². The second-order valence-corrected chi connectivity index (χ2v) is 8.22. The van der Waals surface area contributed by atoms with Crippen LogP contribution >= 0.6 is 0 Å². The number of carbonyl (C=O) groups is 3. The molecule has 1 fully saturated rings. The van der Waals surface area contributed by atoms with Crippen LogP contribution in [0.3, 0.4) is 0 Å². The molecule has 9 heteroatoms. The summed E-state index contributed by atoms with van der Waals surface area (Å²) >= 11 is 0. The van der Waals surface area contributed by atoms with E-state index in [1.165, 1.54) is 16.9 Å². The van der Waals surface area contributed by atoms with Crippen molar-refractivity contribution < 1.29 is 23.9 Å². The Bertz CT molecular complexity index is 1230. The van der Waals surface area contributed by atoms with E-state index < -0.39 is 24.1 Å². The van der Waals surface area contributed by atoms with E-state index in [-0.39, 0.29) is 19.6 Å². The molecule has 4 rings (SSSR count). The fourth-order valence-electron chi connectivity index (χ4n) is 4.03. The van der Waals surface area contributed by atoms with Crippen LogP contribution in [0.15, 0.2) is 78.9 Å². The summed E-state index contributed by atoms with van der Waals surface area (Å²) in [5.74, 6) is -0.0277. The maximum absolute atomic E-state index is 13.4. The number of nitrogens with zero attached hydrogens (tertiary/aromatic N) is 2. The smallest absolute Gasteiger partial charge is 0.417 e. The Hall–Kier alpha value is -4.37. The van der Waals surface area contributed by atoms with Gasteiger partial charge in [-0.15, -0.1) is 0 Å². The summed E-state index contributed by atoms with van der Waals surface area (Å²) < 4.78 is 10.7. The van der Waals surface area contributed by atoms with Crippen molar-refractivity contribution in [2.75, 3.05) is 20.2 Å². The quantitative estimate of drug-likeness (QED) is 0.529. The molecule has 0 radical (unpaired) electrons. The van der Waals surface area contributed by atoms with Crippen molar-refractivity contribution in [3.63, 3.8) is 0 Å². The lowest BCUT2D eigenvalue weighted by Crippen LogP contribution is -2.54. The van der Waals surface area contributed by atoms with Crippen molar-refractivity contribution >= 4 is 17.9 Å². The van der Waals surface area contributed by atoms with Crippen LogP contribution in [0, 0.1) is 0 Å². The van der Waals surface area contributed by atoms with Gasteiger partial charge in [-0.05, 0) is 41.5 Å². The van der Waals surface area contributed by atoms with Crippen molar-refractivity contribution in [2.24, 2.45) is 5.73 Å². The first kappa shape index (κ1) is 24.7. The molecule has 0 saturated carbocycles. The van der Waals surface area contributed by atoms with E-state index in [1.54, 1.807) is 54.6 Å². The van der Waals surface area contributed by atoms with Gasteiger partial charge in [0.15, 0.2) is 6.17 Å². The van der Waals surface area contributed by atoms with Crippen LogP contribution in [-0.4, -0.2) is 54.1 Å². The summed E-state index contributed by atoms with van der Waals surface area (Å²) in [6.45, 7) is 0.904. The lowest BCUT2D eigenvalue weighted by atomic mass is 10.1. The van der Waals surface area contributed by atoms with Gasteiger partial charge in [0.1, 0.15) is 11.5 Å². The Morgan fingerprint density at radius 1 is 0.889 bits per heavy atom. The van der Waals surface area contributed by atoms with Crippen molar-refractivity contribution in [3.8, 4) is 11.5 Å². The second-order valence-electron chi connectivity index (χ2n) is 8.22. The lowest BCUT2D eigenvalue weighted by molar-refractivity contribution is -0.128. The van der Waals surface area contributed by atoms with Crippen molar-refractivity contribution in [1.29, 1.82) is 0 Å². The van der Waals surface area contributed by atoms with E-state index in [1.807, 2.05) is 24.3 Å². The van der Waals surface area contributed by atoms with E-state index in [0.29, 0.717) is 23.6 Å². The summed E-state index contributed by atoms with van der Waals surface area (Å²) in [7, 11) is 1.51. The number of hydrogen-bond donors (Lipinski definition) is 2. The van der Waals surface area contributed by atoms with Gasteiger partial charge in [-0.3, -0.25) is 14.5 Å². The number of benzene rings is 3. The zero-order valence-corrected chi connectivity index (χ0v) is 19.9. The molecule has 3 aromatic rings. The number of nitrogens with two attached hydrogens (primary N) is 1. The SMILES string of the molecule is COc1cccc(C(=O)N2CCN(C(=O)Oc3ccccc3)C2C(=O)NCc2cccc(CN)c2)c1. The first-order chi connectivity index (χ1) is 17.5. The minimum atomic E-state index is -1.18. The van der Waals surface area contributed by atoms with Gasteiger partial charge >= 0.3 is 6.09 Å². The highest BCUT2D eigenvalue weighted by Crippen LogP contribution is 2.23. The van der Waals surface area contributed by atoms with E-state index in [2.05, 4.69) is 5.32 Å². The maximum atomic E-state index is 13.4.